The predicted molar refractivity (Wildman–Crippen MR) is 42.3 cm³/mol. The molecule has 7 heteroatoms. The zero-order valence-electron chi connectivity index (χ0n) is 6.89. The van der Waals surface area contributed by atoms with Crippen LogP contribution in [0.2, 0.25) is 5.02 Å². The van der Waals surface area contributed by atoms with Gasteiger partial charge in [-0.05, 0) is 6.92 Å². The number of alkyl halides is 3. The van der Waals surface area contributed by atoms with Gasteiger partial charge < -0.3 is 9.84 Å². The molecule has 0 spiro atoms. The molecule has 78 valence electrons. The smallest absolute Gasteiger partial charge is 0.506 e. The number of rotatable bonds is 1. The lowest BCUT2D eigenvalue weighted by Gasteiger charge is -2.10. The molecule has 1 rings (SSSR count). The Morgan fingerprint density at radius 1 is 1.50 bits per heavy atom. The van der Waals surface area contributed by atoms with E-state index < -0.39 is 12.2 Å². The molecule has 0 aliphatic rings. The molecule has 1 heterocycles. The fraction of sp³-hybridized carbons (Fsp3) is 0.286. The lowest BCUT2D eigenvalue weighted by molar-refractivity contribution is -0.276. The van der Waals surface area contributed by atoms with Gasteiger partial charge in [-0.2, -0.15) is 0 Å². The summed E-state index contributed by atoms with van der Waals surface area (Å²) in [5.74, 6) is -1.06. The van der Waals surface area contributed by atoms with E-state index in [4.69, 9.17) is 16.7 Å². The van der Waals surface area contributed by atoms with Crippen molar-refractivity contribution in [2.75, 3.05) is 0 Å². The van der Waals surface area contributed by atoms with E-state index in [0.717, 1.165) is 6.20 Å². The molecule has 0 unspecified atom stereocenters. The highest BCUT2D eigenvalue weighted by atomic mass is 35.5. The third-order valence-electron chi connectivity index (χ3n) is 1.42. The van der Waals surface area contributed by atoms with Crippen LogP contribution >= 0.6 is 11.6 Å². The Morgan fingerprint density at radius 2 is 2.07 bits per heavy atom. The van der Waals surface area contributed by atoms with E-state index in [1.807, 2.05) is 0 Å². The van der Waals surface area contributed by atoms with E-state index >= 15 is 0 Å². The number of ether oxygens (including phenoxy) is 1. The summed E-state index contributed by atoms with van der Waals surface area (Å²) < 4.78 is 38.8. The van der Waals surface area contributed by atoms with Crippen LogP contribution in [0.25, 0.3) is 0 Å². The minimum atomic E-state index is -4.85. The number of aromatic nitrogens is 1. The Labute approximate surface area is 82.1 Å². The Kier molecular flexibility index (Phi) is 2.75. The molecule has 0 radical (unpaired) electrons. The van der Waals surface area contributed by atoms with Gasteiger partial charge in [0.15, 0.2) is 0 Å². The van der Waals surface area contributed by atoms with E-state index in [1.54, 1.807) is 0 Å². The Hall–Kier alpha value is -1.17. The number of pyridine rings is 1. The first-order chi connectivity index (χ1) is 6.31. The van der Waals surface area contributed by atoms with Crippen molar-refractivity contribution in [3.63, 3.8) is 0 Å². The molecule has 3 nitrogen and oxygen atoms in total. The molecule has 0 atom stereocenters. The van der Waals surface area contributed by atoms with Crippen LogP contribution in [0, 0.1) is 6.92 Å². The molecule has 0 saturated carbocycles. The van der Waals surface area contributed by atoms with Gasteiger partial charge >= 0.3 is 6.36 Å². The van der Waals surface area contributed by atoms with E-state index in [0.29, 0.717) is 0 Å². The first kappa shape index (κ1) is 10.9. The molecule has 1 aromatic heterocycles. The summed E-state index contributed by atoms with van der Waals surface area (Å²) in [6.07, 6.45) is -4.01. The topological polar surface area (TPSA) is 42.4 Å². The maximum absolute atomic E-state index is 11.8. The lowest BCUT2D eigenvalue weighted by Crippen LogP contribution is -2.18. The number of nitrogens with zero attached hydrogens (tertiary/aromatic N) is 1. The Balaban J connectivity index is 3.06. The van der Waals surface area contributed by atoms with Gasteiger partial charge in [0.1, 0.15) is 10.8 Å². The predicted octanol–water partition coefficient (Wildman–Crippen LogP) is 2.65. The molecular formula is C7H5ClF3NO2. The highest BCUT2D eigenvalue weighted by Gasteiger charge is 2.33. The normalized spacial score (nSPS) is 11.5. The molecule has 0 saturated heterocycles. The van der Waals surface area contributed by atoms with Gasteiger partial charge in [0.25, 0.3) is 0 Å². The second-order valence-corrected chi connectivity index (χ2v) is 2.81. The van der Waals surface area contributed by atoms with Crippen molar-refractivity contribution in [3.8, 4) is 11.6 Å². The van der Waals surface area contributed by atoms with Crippen molar-refractivity contribution in [1.82, 2.24) is 4.98 Å². The summed E-state index contributed by atoms with van der Waals surface area (Å²) in [6, 6.07) is 0. The molecule has 0 aliphatic carbocycles. The second-order valence-electron chi connectivity index (χ2n) is 2.44. The summed E-state index contributed by atoms with van der Waals surface area (Å²) in [5.41, 5.74) is 0.0842. The van der Waals surface area contributed by atoms with Gasteiger partial charge in [-0.3, -0.25) is 0 Å². The average Bonchev–Trinajstić information content (AvgIpc) is 2.04. The number of aromatic hydroxyl groups is 1. The van der Waals surface area contributed by atoms with Crippen molar-refractivity contribution < 1.29 is 23.0 Å². The van der Waals surface area contributed by atoms with Crippen LogP contribution in [0.5, 0.6) is 11.6 Å². The van der Waals surface area contributed by atoms with E-state index in [-0.39, 0.29) is 16.3 Å². The molecule has 0 amide bonds. The monoisotopic (exact) mass is 227 g/mol. The maximum atomic E-state index is 11.8. The minimum Gasteiger partial charge on any atom is -0.506 e. The molecule has 0 fully saturated rings. The van der Waals surface area contributed by atoms with Gasteiger partial charge in [-0.15, -0.1) is 13.2 Å². The van der Waals surface area contributed by atoms with Gasteiger partial charge in [0, 0.05) is 5.56 Å². The Bertz CT molecular complexity index is 354. The minimum absolute atomic E-state index is 0.0842. The van der Waals surface area contributed by atoms with E-state index in [9.17, 15) is 13.2 Å². The van der Waals surface area contributed by atoms with Crippen molar-refractivity contribution >= 4 is 11.6 Å². The van der Waals surface area contributed by atoms with Crippen LogP contribution in [-0.4, -0.2) is 16.5 Å². The standard InChI is InChI=1S/C7H5ClF3NO2/c1-3-4(13)2-12-6(5(3)8)14-7(9,10)11/h2,13H,1H3. The Morgan fingerprint density at radius 3 is 2.57 bits per heavy atom. The van der Waals surface area contributed by atoms with Crippen LogP contribution in [0.4, 0.5) is 13.2 Å². The average molecular weight is 228 g/mol. The van der Waals surface area contributed by atoms with Crippen LogP contribution in [0.3, 0.4) is 0 Å². The van der Waals surface area contributed by atoms with E-state index in [2.05, 4.69) is 9.72 Å². The fourth-order valence-corrected chi connectivity index (χ4v) is 0.911. The summed E-state index contributed by atoms with van der Waals surface area (Å²) >= 11 is 5.46. The molecule has 1 N–H and O–H groups in total. The fourth-order valence-electron chi connectivity index (χ4n) is 0.727. The second kappa shape index (κ2) is 3.53. The third kappa shape index (κ3) is 2.41. The number of hydrogen-bond donors (Lipinski definition) is 1. The summed E-state index contributed by atoms with van der Waals surface area (Å²) in [6.45, 7) is 1.35. The van der Waals surface area contributed by atoms with Gasteiger partial charge in [0.05, 0.1) is 6.20 Å². The molecule has 14 heavy (non-hydrogen) atoms. The largest absolute Gasteiger partial charge is 0.574 e. The van der Waals surface area contributed by atoms with Crippen LogP contribution in [0.15, 0.2) is 6.20 Å². The van der Waals surface area contributed by atoms with Crippen molar-refractivity contribution in [1.29, 1.82) is 0 Å². The lowest BCUT2D eigenvalue weighted by atomic mass is 10.3. The van der Waals surface area contributed by atoms with Gasteiger partial charge in [-0.25, -0.2) is 4.98 Å². The number of halogens is 4. The zero-order chi connectivity index (χ0) is 10.9. The van der Waals surface area contributed by atoms with Gasteiger partial charge in [-0.1, -0.05) is 11.6 Å². The van der Waals surface area contributed by atoms with Gasteiger partial charge in [0.2, 0.25) is 5.88 Å². The first-order valence-electron chi connectivity index (χ1n) is 3.41. The van der Waals surface area contributed by atoms with E-state index in [1.165, 1.54) is 6.92 Å². The first-order valence-corrected chi connectivity index (χ1v) is 3.79. The highest BCUT2D eigenvalue weighted by Crippen LogP contribution is 2.33. The van der Waals surface area contributed by atoms with Crippen molar-refractivity contribution in [2.24, 2.45) is 0 Å². The van der Waals surface area contributed by atoms with Crippen molar-refractivity contribution in [2.45, 2.75) is 13.3 Å². The van der Waals surface area contributed by atoms with Crippen LogP contribution in [-0.2, 0) is 0 Å². The third-order valence-corrected chi connectivity index (χ3v) is 1.86. The number of hydrogen-bond acceptors (Lipinski definition) is 3. The molecule has 0 bridgehead atoms. The molecular weight excluding hydrogens is 223 g/mol. The zero-order valence-corrected chi connectivity index (χ0v) is 7.65. The maximum Gasteiger partial charge on any atom is 0.574 e. The van der Waals surface area contributed by atoms with Crippen LogP contribution in [0.1, 0.15) is 5.56 Å². The molecule has 0 aliphatic heterocycles. The highest BCUT2D eigenvalue weighted by molar-refractivity contribution is 6.32. The van der Waals surface area contributed by atoms with Crippen molar-refractivity contribution in [3.05, 3.63) is 16.8 Å². The van der Waals surface area contributed by atoms with Crippen LogP contribution < -0.4 is 4.74 Å². The summed E-state index contributed by atoms with van der Waals surface area (Å²) in [5, 5.41) is 8.68. The summed E-state index contributed by atoms with van der Waals surface area (Å²) in [7, 11) is 0. The SMILES string of the molecule is Cc1c(O)cnc(OC(F)(F)F)c1Cl. The molecule has 1 aromatic rings. The quantitative estimate of drug-likeness (QED) is 0.802. The molecule has 0 aromatic carbocycles. The summed E-state index contributed by atoms with van der Waals surface area (Å²) in [4.78, 5) is 3.20.